The molecule has 9 heteroatoms. The van der Waals surface area contributed by atoms with Crippen molar-refractivity contribution in [1.29, 1.82) is 0 Å². The number of nitrogens with zero attached hydrogens (tertiary/aromatic N) is 1. The van der Waals surface area contributed by atoms with Crippen molar-refractivity contribution in [3.8, 4) is 0 Å². The Kier molecular flexibility index (Phi) is 2.73. The first-order valence-electron chi connectivity index (χ1n) is 6.13. The van der Waals surface area contributed by atoms with Crippen molar-refractivity contribution in [3.05, 3.63) is 0 Å². The van der Waals surface area contributed by atoms with Crippen molar-refractivity contribution in [2.75, 3.05) is 23.0 Å². The van der Waals surface area contributed by atoms with Crippen LogP contribution in [-0.4, -0.2) is 67.5 Å². The molecule has 3 aliphatic rings. The molecule has 0 saturated carbocycles. The third-order valence-electron chi connectivity index (χ3n) is 4.25. The quantitative estimate of drug-likeness (QED) is 0.614. The summed E-state index contributed by atoms with van der Waals surface area (Å²) in [6.07, 6.45) is 0.500. The fraction of sp³-hybridized carbons (Fsp3) is 0.900. The third-order valence-corrected chi connectivity index (χ3v) is 8.16. The Morgan fingerprint density at radius 3 is 2.53 bits per heavy atom. The minimum Gasteiger partial charge on any atom is -0.357 e. The monoisotopic (exact) mass is 324 g/mol. The van der Waals surface area contributed by atoms with Gasteiger partial charge in [-0.15, -0.1) is 0 Å². The van der Waals surface area contributed by atoms with Crippen LogP contribution in [0.25, 0.3) is 0 Å². The molecule has 19 heavy (non-hydrogen) atoms. The summed E-state index contributed by atoms with van der Waals surface area (Å²) in [5.41, 5.74) is -0.581. The predicted molar refractivity (Wildman–Crippen MR) is 75.5 cm³/mol. The van der Waals surface area contributed by atoms with E-state index in [1.54, 1.807) is 0 Å². The SMILES string of the molecule is C[C@]1(N2C(=S)N[C@H]3CS(=O)(=O)C[C@H]32)CCS(=O)(=O)C1. The summed E-state index contributed by atoms with van der Waals surface area (Å²) >= 11 is 5.28. The van der Waals surface area contributed by atoms with E-state index in [0.717, 1.165) is 0 Å². The second kappa shape index (κ2) is 3.82. The van der Waals surface area contributed by atoms with Gasteiger partial charge in [0.1, 0.15) is 0 Å². The van der Waals surface area contributed by atoms with Crippen molar-refractivity contribution < 1.29 is 16.8 Å². The van der Waals surface area contributed by atoms with Gasteiger partial charge in [-0.1, -0.05) is 0 Å². The average Bonchev–Trinajstić information content (AvgIpc) is 2.74. The van der Waals surface area contributed by atoms with Gasteiger partial charge in [0.25, 0.3) is 0 Å². The van der Waals surface area contributed by atoms with Crippen molar-refractivity contribution in [2.24, 2.45) is 0 Å². The minimum atomic E-state index is -3.06. The Bertz CT molecular complexity index is 630. The number of hydrogen-bond donors (Lipinski definition) is 1. The summed E-state index contributed by atoms with van der Waals surface area (Å²) in [5.74, 6) is 0.329. The van der Waals surface area contributed by atoms with E-state index in [4.69, 9.17) is 12.2 Å². The summed E-state index contributed by atoms with van der Waals surface area (Å²) in [5, 5.41) is 3.52. The Morgan fingerprint density at radius 2 is 1.95 bits per heavy atom. The van der Waals surface area contributed by atoms with Gasteiger partial charge in [-0.25, -0.2) is 16.8 Å². The van der Waals surface area contributed by atoms with E-state index in [0.29, 0.717) is 11.5 Å². The van der Waals surface area contributed by atoms with E-state index in [1.807, 2.05) is 11.8 Å². The number of fused-ring (bicyclic) bond motifs is 1. The highest BCUT2D eigenvalue weighted by Gasteiger charge is 2.55. The van der Waals surface area contributed by atoms with Gasteiger partial charge >= 0.3 is 0 Å². The van der Waals surface area contributed by atoms with Crippen molar-refractivity contribution >= 4 is 37.0 Å². The van der Waals surface area contributed by atoms with Crippen LogP contribution >= 0.6 is 12.2 Å². The molecule has 1 N–H and O–H groups in total. The van der Waals surface area contributed by atoms with Crippen molar-refractivity contribution in [3.63, 3.8) is 0 Å². The van der Waals surface area contributed by atoms with Crippen LogP contribution in [0.2, 0.25) is 0 Å². The normalized spacial score (nSPS) is 43.2. The first-order chi connectivity index (χ1) is 8.62. The Morgan fingerprint density at radius 1 is 1.26 bits per heavy atom. The highest BCUT2D eigenvalue weighted by Crippen LogP contribution is 2.37. The molecule has 3 saturated heterocycles. The lowest BCUT2D eigenvalue weighted by atomic mass is 9.97. The molecule has 3 fully saturated rings. The van der Waals surface area contributed by atoms with Crippen LogP contribution in [0.1, 0.15) is 13.3 Å². The molecule has 0 radical (unpaired) electrons. The van der Waals surface area contributed by atoms with Gasteiger partial charge in [-0.2, -0.15) is 0 Å². The van der Waals surface area contributed by atoms with E-state index in [1.165, 1.54) is 0 Å². The zero-order chi connectivity index (χ0) is 14.1. The second-order valence-electron chi connectivity index (χ2n) is 5.91. The summed E-state index contributed by atoms with van der Waals surface area (Å²) in [6, 6.07) is -0.423. The topological polar surface area (TPSA) is 83.6 Å². The molecule has 108 valence electrons. The van der Waals surface area contributed by atoms with Crippen molar-refractivity contribution in [2.45, 2.75) is 31.0 Å². The first-order valence-corrected chi connectivity index (χ1v) is 10.2. The van der Waals surface area contributed by atoms with Crippen LogP contribution in [0.5, 0.6) is 0 Å². The van der Waals surface area contributed by atoms with E-state index >= 15 is 0 Å². The molecular weight excluding hydrogens is 308 g/mol. The Hall–Kier alpha value is -0.410. The molecule has 0 aromatic heterocycles. The zero-order valence-corrected chi connectivity index (χ0v) is 12.9. The fourth-order valence-corrected chi connectivity index (χ4v) is 7.95. The van der Waals surface area contributed by atoms with Gasteiger partial charge in [-0.05, 0) is 25.6 Å². The second-order valence-corrected chi connectivity index (χ2v) is 10.6. The summed E-state index contributed by atoms with van der Waals surface area (Å²) in [7, 11) is -6.11. The maximum atomic E-state index is 11.7. The molecule has 0 unspecified atom stereocenters. The number of thiocarbonyl (C=S) groups is 1. The van der Waals surface area contributed by atoms with Crippen LogP contribution < -0.4 is 5.32 Å². The lowest BCUT2D eigenvalue weighted by Gasteiger charge is -2.38. The molecule has 0 aromatic carbocycles. The van der Waals surface area contributed by atoms with Gasteiger partial charge in [0.15, 0.2) is 24.8 Å². The lowest BCUT2D eigenvalue weighted by Crippen LogP contribution is -2.53. The van der Waals surface area contributed by atoms with E-state index in [9.17, 15) is 16.8 Å². The predicted octanol–water partition coefficient (Wildman–Crippen LogP) is -1.08. The molecule has 3 atom stereocenters. The van der Waals surface area contributed by atoms with Crippen LogP contribution in [-0.2, 0) is 19.7 Å². The molecule has 0 bridgehead atoms. The number of nitrogens with one attached hydrogen (secondary N) is 1. The molecular formula is C10H16N2O4S3. The summed E-state index contributed by atoms with van der Waals surface area (Å²) < 4.78 is 46.9. The fourth-order valence-electron chi connectivity index (χ4n) is 3.43. The average molecular weight is 324 g/mol. The first kappa shape index (κ1) is 13.6. The maximum Gasteiger partial charge on any atom is 0.170 e. The van der Waals surface area contributed by atoms with Crippen LogP contribution in [0.4, 0.5) is 0 Å². The van der Waals surface area contributed by atoms with Gasteiger partial charge < -0.3 is 10.2 Å². The highest BCUT2D eigenvalue weighted by molar-refractivity contribution is 7.92. The molecule has 3 aliphatic heterocycles. The highest BCUT2D eigenvalue weighted by atomic mass is 32.2. The molecule has 0 amide bonds. The van der Waals surface area contributed by atoms with Gasteiger partial charge in [0.2, 0.25) is 0 Å². The Balaban J connectivity index is 1.95. The number of hydrogen-bond acceptors (Lipinski definition) is 5. The molecule has 0 spiro atoms. The summed E-state index contributed by atoms with van der Waals surface area (Å²) in [4.78, 5) is 1.84. The number of sulfone groups is 2. The molecule has 0 aliphatic carbocycles. The van der Waals surface area contributed by atoms with E-state index < -0.39 is 25.2 Å². The lowest BCUT2D eigenvalue weighted by molar-refractivity contribution is 0.191. The van der Waals surface area contributed by atoms with Crippen LogP contribution in [0, 0.1) is 0 Å². The largest absolute Gasteiger partial charge is 0.357 e. The van der Waals surface area contributed by atoms with E-state index in [-0.39, 0.29) is 35.1 Å². The van der Waals surface area contributed by atoms with E-state index in [2.05, 4.69) is 5.32 Å². The molecule has 0 aromatic rings. The standard InChI is InChI=1S/C10H16N2O4S3/c1-10(2-3-18(13,14)6-10)12-8-5-19(15,16)4-7(8)11-9(12)17/h7-8H,2-6H2,1H3,(H,11,17)/t7-,8+,10-/m0/s1. The van der Waals surface area contributed by atoms with Crippen LogP contribution in [0.15, 0.2) is 0 Å². The van der Waals surface area contributed by atoms with Crippen LogP contribution in [0.3, 0.4) is 0 Å². The zero-order valence-electron chi connectivity index (χ0n) is 10.5. The minimum absolute atomic E-state index is 0.0467. The summed E-state index contributed by atoms with van der Waals surface area (Å²) in [6.45, 7) is 1.86. The molecule has 3 rings (SSSR count). The third kappa shape index (κ3) is 2.15. The van der Waals surface area contributed by atoms with Crippen molar-refractivity contribution in [1.82, 2.24) is 10.2 Å². The van der Waals surface area contributed by atoms with Gasteiger partial charge in [0.05, 0.1) is 40.6 Å². The Labute approximate surface area is 118 Å². The molecule has 3 heterocycles. The smallest absolute Gasteiger partial charge is 0.170 e. The van der Waals surface area contributed by atoms with Gasteiger partial charge in [0, 0.05) is 0 Å². The molecule has 6 nitrogen and oxygen atoms in total. The van der Waals surface area contributed by atoms with Gasteiger partial charge in [-0.3, -0.25) is 0 Å². The maximum absolute atomic E-state index is 11.7. The number of rotatable bonds is 1.